The maximum Gasteiger partial charge on any atom is 0.169 e. The van der Waals surface area contributed by atoms with Crippen LogP contribution in [0.2, 0.25) is 0 Å². The van der Waals surface area contributed by atoms with Gasteiger partial charge >= 0.3 is 0 Å². The molecule has 0 aliphatic carbocycles. The van der Waals surface area contributed by atoms with Crippen molar-refractivity contribution >= 4 is 0 Å². The Hall–Kier alpha value is -3.92. The van der Waals surface area contributed by atoms with Crippen LogP contribution in [0.4, 0.5) is 0 Å². The number of ether oxygens (including phenoxy) is 4. The van der Waals surface area contributed by atoms with Gasteiger partial charge in [0.05, 0.1) is 21.3 Å². The fourth-order valence-corrected chi connectivity index (χ4v) is 4.04. The molecule has 0 fully saturated rings. The zero-order valence-electron chi connectivity index (χ0n) is 20.6. The second kappa shape index (κ2) is 12.0. The van der Waals surface area contributed by atoms with Gasteiger partial charge in [-0.05, 0) is 96.5 Å². The molecule has 0 aliphatic heterocycles. The smallest absolute Gasteiger partial charge is 0.169 e. The van der Waals surface area contributed by atoms with E-state index in [1.807, 2.05) is 42.5 Å². The molecule has 4 aromatic carbocycles. The number of rotatable bonds is 11. The average molecular weight is 469 g/mol. The summed E-state index contributed by atoms with van der Waals surface area (Å²) in [5, 5.41) is 0. The SMILES string of the molecule is COc1ccc(CCc2cccc(Oc3ccc(CCc4cccc(OC)c4)cc3OC)c2)cc1. The Labute approximate surface area is 208 Å². The summed E-state index contributed by atoms with van der Waals surface area (Å²) in [5.74, 6) is 4.01. The Morgan fingerprint density at radius 3 is 1.60 bits per heavy atom. The number of benzene rings is 4. The molecule has 0 N–H and O–H groups in total. The van der Waals surface area contributed by atoms with E-state index in [1.165, 1.54) is 22.3 Å². The minimum absolute atomic E-state index is 0.713. The average Bonchev–Trinajstić information content (AvgIpc) is 2.92. The molecule has 0 saturated carbocycles. The zero-order valence-corrected chi connectivity index (χ0v) is 20.6. The van der Waals surface area contributed by atoms with Crippen LogP contribution < -0.4 is 18.9 Å². The van der Waals surface area contributed by atoms with E-state index in [0.29, 0.717) is 5.75 Å². The zero-order chi connectivity index (χ0) is 24.5. The van der Waals surface area contributed by atoms with E-state index < -0.39 is 0 Å². The van der Waals surface area contributed by atoms with Crippen LogP contribution in [0.25, 0.3) is 0 Å². The molecule has 4 rings (SSSR count). The van der Waals surface area contributed by atoms with Crippen LogP contribution in [0, 0.1) is 0 Å². The van der Waals surface area contributed by atoms with Crippen LogP contribution in [0.3, 0.4) is 0 Å². The molecular weight excluding hydrogens is 436 g/mol. The standard InChI is InChI=1S/C31H32O4/c1-32-27-17-14-23(15-18-27)10-11-25-7-5-9-29(21-25)35-30-19-16-26(22-31(30)34-3)13-12-24-6-4-8-28(20-24)33-2/h4-9,14-22H,10-13H2,1-3H3. The molecule has 4 heteroatoms. The normalized spacial score (nSPS) is 10.6. The van der Waals surface area contributed by atoms with Crippen molar-refractivity contribution in [2.24, 2.45) is 0 Å². The highest BCUT2D eigenvalue weighted by atomic mass is 16.5. The van der Waals surface area contributed by atoms with Crippen LogP contribution in [0.15, 0.2) is 91.0 Å². The summed E-state index contributed by atoms with van der Waals surface area (Å²) in [5.41, 5.74) is 4.95. The highest BCUT2D eigenvalue weighted by Crippen LogP contribution is 2.33. The molecule has 0 aromatic heterocycles. The summed E-state index contributed by atoms with van der Waals surface area (Å²) in [4.78, 5) is 0. The van der Waals surface area contributed by atoms with E-state index >= 15 is 0 Å². The number of methoxy groups -OCH3 is 3. The fourth-order valence-electron chi connectivity index (χ4n) is 4.04. The van der Waals surface area contributed by atoms with E-state index in [0.717, 1.165) is 48.7 Å². The molecule has 0 aliphatic rings. The summed E-state index contributed by atoms with van der Waals surface area (Å²) >= 11 is 0. The Bertz CT molecular complexity index is 1230. The second-order valence-corrected chi connectivity index (χ2v) is 8.43. The first kappa shape index (κ1) is 24.2. The summed E-state index contributed by atoms with van der Waals surface area (Å²) in [7, 11) is 5.06. The van der Waals surface area contributed by atoms with Crippen molar-refractivity contribution in [1.29, 1.82) is 0 Å². The van der Waals surface area contributed by atoms with Gasteiger partial charge in [-0.25, -0.2) is 0 Å². The monoisotopic (exact) mass is 468 g/mol. The molecule has 0 spiro atoms. The maximum absolute atomic E-state index is 6.21. The number of aryl methyl sites for hydroxylation is 4. The second-order valence-electron chi connectivity index (χ2n) is 8.43. The van der Waals surface area contributed by atoms with Crippen LogP contribution >= 0.6 is 0 Å². The lowest BCUT2D eigenvalue weighted by Gasteiger charge is -2.13. The minimum atomic E-state index is 0.713. The quantitative estimate of drug-likeness (QED) is 0.236. The highest BCUT2D eigenvalue weighted by molar-refractivity contribution is 5.46. The largest absolute Gasteiger partial charge is 0.497 e. The lowest BCUT2D eigenvalue weighted by atomic mass is 10.0. The van der Waals surface area contributed by atoms with Crippen LogP contribution in [0.5, 0.6) is 28.7 Å². The van der Waals surface area contributed by atoms with Crippen molar-refractivity contribution in [2.45, 2.75) is 25.7 Å². The van der Waals surface area contributed by atoms with Crippen molar-refractivity contribution in [1.82, 2.24) is 0 Å². The number of hydrogen-bond acceptors (Lipinski definition) is 4. The molecule has 0 radical (unpaired) electrons. The summed E-state index contributed by atoms with van der Waals surface area (Å²) in [6, 6.07) is 30.8. The Balaban J connectivity index is 1.38. The van der Waals surface area contributed by atoms with Crippen LogP contribution in [0.1, 0.15) is 22.3 Å². The maximum atomic E-state index is 6.21. The molecule has 4 nitrogen and oxygen atoms in total. The molecular formula is C31H32O4. The predicted octanol–water partition coefficient (Wildman–Crippen LogP) is 7.08. The van der Waals surface area contributed by atoms with Gasteiger partial charge in [0.1, 0.15) is 17.2 Å². The molecule has 180 valence electrons. The van der Waals surface area contributed by atoms with Gasteiger partial charge in [0.15, 0.2) is 11.5 Å². The van der Waals surface area contributed by atoms with E-state index in [2.05, 4.69) is 48.5 Å². The molecule has 0 unspecified atom stereocenters. The third-order valence-corrected chi connectivity index (χ3v) is 6.05. The molecule has 35 heavy (non-hydrogen) atoms. The van der Waals surface area contributed by atoms with E-state index in [9.17, 15) is 0 Å². The van der Waals surface area contributed by atoms with E-state index in [1.54, 1.807) is 21.3 Å². The first-order valence-electron chi connectivity index (χ1n) is 11.9. The topological polar surface area (TPSA) is 36.9 Å². The molecule has 4 aromatic rings. The summed E-state index contributed by atoms with van der Waals surface area (Å²) in [6.07, 6.45) is 3.73. The van der Waals surface area contributed by atoms with Gasteiger partial charge in [0.2, 0.25) is 0 Å². The van der Waals surface area contributed by atoms with E-state index in [-0.39, 0.29) is 0 Å². The first-order valence-corrected chi connectivity index (χ1v) is 11.9. The summed E-state index contributed by atoms with van der Waals surface area (Å²) in [6.45, 7) is 0. The van der Waals surface area contributed by atoms with Gasteiger partial charge in [0, 0.05) is 0 Å². The lowest BCUT2D eigenvalue weighted by Crippen LogP contribution is -1.96. The molecule has 0 heterocycles. The van der Waals surface area contributed by atoms with E-state index in [4.69, 9.17) is 18.9 Å². The lowest BCUT2D eigenvalue weighted by molar-refractivity contribution is 0.378. The molecule has 0 atom stereocenters. The highest BCUT2D eigenvalue weighted by Gasteiger charge is 2.09. The Kier molecular flexibility index (Phi) is 8.29. The van der Waals surface area contributed by atoms with Crippen molar-refractivity contribution < 1.29 is 18.9 Å². The van der Waals surface area contributed by atoms with Gasteiger partial charge in [0.25, 0.3) is 0 Å². The third-order valence-electron chi connectivity index (χ3n) is 6.05. The summed E-state index contributed by atoms with van der Waals surface area (Å²) < 4.78 is 22.4. The molecule has 0 bridgehead atoms. The van der Waals surface area contributed by atoms with Crippen molar-refractivity contribution in [3.63, 3.8) is 0 Å². The van der Waals surface area contributed by atoms with Gasteiger partial charge < -0.3 is 18.9 Å². The fraction of sp³-hybridized carbons (Fsp3) is 0.226. The van der Waals surface area contributed by atoms with Crippen molar-refractivity contribution in [2.75, 3.05) is 21.3 Å². The van der Waals surface area contributed by atoms with Gasteiger partial charge in [-0.1, -0.05) is 42.5 Å². The Morgan fingerprint density at radius 1 is 0.429 bits per heavy atom. The third kappa shape index (κ3) is 6.80. The van der Waals surface area contributed by atoms with Crippen molar-refractivity contribution in [3.8, 4) is 28.7 Å². The van der Waals surface area contributed by atoms with Gasteiger partial charge in [-0.3, -0.25) is 0 Å². The van der Waals surface area contributed by atoms with Gasteiger partial charge in [-0.15, -0.1) is 0 Å². The Morgan fingerprint density at radius 2 is 0.971 bits per heavy atom. The number of hydrogen-bond donors (Lipinski definition) is 0. The van der Waals surface area contributed by atoms with Crippen molar-refractivity contribution in [3.05, 3.63) is 113 Å². The van der Waals surface area contributed by atoms with Gasteiger partial charge in [-0.2, -0.15) is 0 Å². The first-order chi connectivity index (χ1) is 17.2. The van der Waals surface area contributed by atoms with Crippen LogP contribution in [-0.2, 0) is 25.7 Å². The molecule has 0 amide bonds. The van der Waals surface area contributed by atoms with Crippen LogP contribution in [-0.4, -0.2) is 21.3 Å². The molecule has 0 saturated heterocycles. The minimum Gasteiger partial charge on any atom is -0.497 e. The predicted molar refractivity (Wildman–Crippen MR) is 140 cm³/mol.